The van der Waals surface area contributed by atoms with Crippen molar-refractivity contribution >= 4 is 6.03 Å². The van der Waals surface area contributed by atoms with Gasteiger partial charge in [0, 0.05) is 25.6 Å². The van der Waals surface area contributed by atoms with Crippen LogP contribution in [0.3, 0.4) is 0 Å². The van der Waals surface area contributed by atoms with Gasteiger partial charge in [-0.05, 0) is 37.3 Å². The molecule has 2 heterocycles. The standard InChI is InChI=1S/C17H26N2O3/c20-15(16-7-3-11-22-16)12-14-6-2-10-19(14)17(21)18-9-8-13-4-1-5-13/h3,7,11,13-15,20H,1-2,4-6,8-10,12H2,(H,18,21). The Balaban J connectivity index is 1.45. The Labute approximate surface area is 131 Å². The number of urea groups is 1. The third-order valence-corrected chi connectivity index (χ3v) is 5.06. The molecule has 1 aliphatic carbocycles. The molecule has 3 rings (SSSR count). The van der Waals surface area contributed by atoms with E-state index in [1.54, 1.807) is 18.4 Å². The van der Waals surface area contributed by atoms with Gasteiger partial charge in [-0.25, -0.2) is 4.79 Å². The first-order valence-corrected chi connectivity index (χ1v) is 8.50. The number of rotatable bonds is 6. The van der Waals surface area contributed by atoms with E-state index >= 15 is 0 Å². The number of carbonyl (C=O) groups is 1. The van der Waals surface area contributed by atoms with Gasteiger partial charge in [-0.3, -0.25) is 0 Å². The maximum absolute atomic E-state index is 12.3. The van der Waals surface area contributed by atoms with Gasteiger partial charge in [0.2, 0.25) is 0 Å². The number of furan rings is 1. The molecule has 2 amide bonds. The molecule has 5 nitrogen and oxygen atoms in total. The molecular weight excluding hydrogens is 280 g/mol. The van der Waals surface area contributed by atoms with Gasteiger partial charge in [0.15, 0.2) is 0 Å². The maximum atomic E-state index is 12.3. The fraction of sp³-hybridized carbons (Fsp3) is 0.706. The zero-order valence-electron chi connectivity index (χ0n) is 13.0. The van der Waals surface area contributed by atoms with Crippen LogP contribution in [0.2, 0.25) is 0 Å². The van der Waals surface area contributed by atoms with Gasteiger partial charge in [-0.2, -0.15) is 0 Å². The first kappa shape index (κ1) is 15.4. The van der Waals surface area contributed by atoms with E-state index in [2.05, 4.69) is 5.32 Å². The fourth-order valence-corrected chi connectivity index (χ4v) is 3.47. The average molecular weight is 306 g/mol. The zero-order valence-corrected chi connectivity index (χ0v) is 13.0. The number of aliphatic hydroxyl groups excluding tert-OH is 1. The molecule has 0 radical (unpaired) electrons. The van der Waals surface area contributed by atoms with E-state index in [1.807, 2.05) is 4.90 Å². The van der Waals surface area contributed by atoms with Crippen molar-refractivity contribution in [2.45, 2.75) is 57.1 Å². The Hall–Kier alpha value is -1.49. The normalized spacial score (nSPS) is 23.3. The Kier molecular flexibility index (Phi) is 5.03. The van der Waals surface area contributed by atoms with Crippen LogP contribution in [0.4, 0.5) is 4.79 Å². The molecule has 2 atom stereocenters. The summed E-state index contributed by atoms with van der Waals surface area (Å²) in [6, 6.07) is 3.68. The first-order valence-electron chi connectivity index (χ1n) is 8.50. The van der Waals surface area contributed by atoms with E-state index < -0.39 is 6.10 Å². The summed E-state index contributed by atoms with van der Waals surface area (Å²) in [7, 11) is 0. The van der Waals surface area contributed by atoms with Crippen LogP contribution in [0, 0.1) is 5.92 Å². The molecule has 0 spiro atoms. The van der Waals surface area contributed by atoms with E-state index in [0.717, 1.165) is 38.3 Å². The first-order chi connectivity index (χ1) is 10.7. The summed E-state index contributed by atoms with van der Waals surface area (Å²) >= 11 is 0. The molecule has 1 aliphatic heterocycles. The van der Waals surface area contributed by atoms with E-state index in [1.165, 1.54) is 19.3 Å². The van der Waals surface area contributed by atoms with Gasteiger partial charge in [-0.15, -0.1) is 0 Å². The van der Waals surface area contributed by atoms with E-state index in [4.69, 9.17) is 4.42 Å². The summed E-state index contributed by atoms with van der Waals surface area (Å²) in [6.45, 7) is 1.55. The quantitative estimate of drug-likeness (QED) is 0.849. The minimum atomic E-state index is -0.636. The lowest BCUT2D eigenvalue weighted by Crippen LogP contribution is -2.44. The second kappa shape index (κ2) is 7.18. The highest BCUT2D eigenvalue weighted by Gasteiger charge is 2.31. The van der Waals surface area contributed by atoms with Crippen molar-refractivity contribution in [1.29, 1.82) is 0 Å². The minimum absolute atomic E-state index is 0.0217. The van der Waals surface area contributed by atoms with Gasteiger partial charge in [0.25, 0.3) is 0 Å². The molecule has 0 aromatic carbocycles. The highest BCUT2D eigenvalue weighted by atomic mass is 16.4. The van der Waals surface area contributed by atoms with Gasteiger partial charge in [-0.1, -0.05) is 19.3 Å². The summed E-state index contributed by atoms with van der Waals surface area (Å²) in [6.07, 6.45) is 8.51. The lowest BCUT2D eigenvalue weighted by molar-refractivity contribution is 0.107. The van der Waals surface area contributed by atoms with E-state index in [0.29, 0.717) is 12.2 Å². The highest BCUT2D eigenvalue weighted by Crippen LogP contribution is 2.29. The fourth-order valence-electron chi connectivity index (χ4n) is 3.47. The van der Waals surface area contributed by atoms with E-state index in [-0.39, 0.29) is 12.1 Å². The summed E-state index contributed by atoms with van der Waals surface area (Å²) in [4.78, 5) is 14.2. The number of aliphatic hydroxyl groups is 1. The second-order valence-corrected chi connectivity index (χ2v) is 6.57. The SMILES string of the molecule is O=C(NCCC1CCC1)N1CCCC1CC(O)c1ccco1. The molecule has 22 heavy (non-hydrogen) atoms. The molecule has 2 fully saturated rings. The molecule has 1 aromatic heterocycles. The molecule has 1 aromatic rings. The van der Waals surface area contributed by atoms with Crippen molar-refractivity contribution in [3.8, 4) is 0 Å². The molecule has 2 N–H and O–H groups in total. The van der Waals surface area contributed by atoms with Crippen LogP contribution >= 0.6 is 0 Å². The van der Waals surface area contributed by atoms with Crippen molar-refractivity contribution in [2.24, 2.45) is 5.92 Å². The Morgan fingerprint density at radius 3 is 2.95 bits per heavy atom. The smallest absolute Gasteiger partial charge is 0.317 e. The van der Waals surface area contributed by atoms with Crippen molar-refractivity contribution in [1.82, 2.24) is 10.2 Å². The largest absolute Gasteiger partial charge is 0.467 e. The van der Waals surface area contributed by atoms with Crippen LogP contribution in [-0.2, 0) is 0 Å². The molecule has 0 bridgehead atoms. The Morgan fingerprint density at radius 2 is 2.27 bits per heavy atom. The summed E-state index contributed by atoms with van der Waals surface area (Å²) in [5.41, 5.74) is 0. The number of hydrogen-bond donors (Lipinski definition) is 2. The second-order valence-electron chi connectivity index (χ2n) is 6.57. The van der Waals surface area contributed by atoms with Crippen LogP contribution in [0.5, 0.6) is 0 Å². The molecule has 1 saturated carbocycles. The number of nitrogens with zero attached hydrogens (tertiary/aromatic N) is 1. The van der Waals surface area contributed by atoms with Crippen LogP contribution in [-0.4, -0.2) is 35.2 Å². The molecular formula is C17H26N2O3. The number of amides is 2. The van der Waals surface area contributed by atoms with Crippen LogP contribution in [0.1, 0.15) is 56.8 Å². The van der Waals surface area contributed by atoms with Crippen LogP contribution in [0.25, 0.3) is 0 Å². The van der Waals surface area contributed by atoms with Crippen molar-refractivity contribution < 1.29 is 14.3 Å². The van der Waals surface area contributed by atoms with Crippen molar-refractivity contribution in [3.05, 3.63) is 24.2 Å². The van der Waals surface area contributed by atoms with E-state index in [9.17, 15) is 9.90 Å². The predicted molar refractivity (Wildman–Crippen MR) is 83.4 cm³/mol. The number of hydrogen-bond acceptors (Lipinski definition) is 3. The topological polar surface area (TPSA) is 65.7 Å². The predicted octanol–water partition coefficient (Wildman–Crippen LogP) is 3.07. The number of likely N-dealkylation sites (tertiary alicyclic amines) is 1. The molecule has 1 saturated heterocycles. The average Bonchev–Trinajstić information content (AvgIpc) is 3.12. The molecule has 5 heteroatoms. The van der Waals surface area contributed by atoms with Crippen LogP contribution in [0.15, 0.2) is 22.8 Å². The Bertz CT molecular complexity index is 470. The number of nitrogens with one attached hydrogen (secondary N) is 1. The van der Waals surface area contributed by atoms with Crippen molar-refractivity contribution in [3.63, 3.8) is 0 Å². The minimum Gasteiger partial charge on any atom is -0.467 e. The van der Waals surface area contributed by atoms with Gasteiger partial charge in [0.05, 0.1) is 6.26 Å². The molecule has 122 valence electrons. The number of carbonyl (C=O) groups excluding carboxylic acids is 1. The van der Waals surface area contributed by atoms with Crippen molar-refractivity contribution in [2.75, 3.05) is 13.1 Å². The maximum Gasteiger partial charge on any atom is 0.317 e. The third kappa shape index (κ3) is 3.64. The zero-order chi connectivity index (χ0) is 15.4. The lowest BCUT2D eigenvalue weighted by atomic mass is 9.83. The lowest BCUT2D eigenvalue weighted by Gasteiger charge is -2.28. The van der Waals surface area contributed by atoms with Gasteiger partial charge in [0.1, 0.15) is 11.9 Å². The molecule has 2 unspecified atom stereocenters. The highest BCUT2D eigenvalue weighted by molar-refractivity contribution is 5.74. The summed E-state index contributed by atoms with van der Waals surface area (Å²) in [5, 5.41) is 13.2. The monoisotopic (exact) mass is 306 g/mol. The van der Waals surface area contributed by atoms with Gasteiger partial charge < -0.3 is 19.7 Å². The summed E-state index contributed by atoms with van der Waals surface area (Å²) < 4.78 is 5.24. The third-order valence-electron chi connectivity index (χ3n) is 5.06. The van der Waals surface area contributed by atoms with Crippen LogP contribution < -0.4 is 5.32 Å². The summed E-state index contributed by atoms with van der Waals surface area (Å²) in [5.74, 6) is 1.40. The molecule has 2 aliphatic rings. The Morgan fingerprint density at radius 1 is 1.41 bits per heavy atom. The van der Waals surface area contributed by atoms with Gasteiger partial charge >= 0.3 is 6.03 Å².